The number of nitrogens with zero attached hydrogens (tertiary/aromatic N) is 5. The van der Waals surface area contributed by atoms with Crippen molar-refractivity contribution in [2.75, 3.05) is 11.4 Å². The number of fused-ring (bicyclic) bond motifs is 5. The Hall–Kier alpha value is -3.88. The van der Waals surface area contributed by atoms with Crippen molar-refractivity contribution in [1.29, 1.82) is 5.26 Å². The molecule has 4 amide bonds. The van der Waals surface area contributed by atoms with E-state index in [1.165, 1.54) is 21.9 Å². The van der Waals surface area contributed by atoms with Crippen LogP contribution in [0.5, 0.6) is 0 Å². The van der Waals surface area contributed by atoms with Crippen LogP contribution in [0, 0.1) is 18.3 Å². The predicted molar refractivity (Wildman–Crippen MR) is 99.1 cm³/mol. The molecular weight excluding hydrogens is 431 g/mol. The first-order valence-electron chi connectivity index (χ1n) is 9.63. The van der Waals surface area contributed by atoms with Crippen molar-refractivity contribution in [3.63, 3.8) is 0 Å². The van der Waals surface area contributed by atoms with Gasteiger partial charge in [0.2, 0.25) is 0 Å². The number of aryl methyl sites for hydroxylation is 1. The van der Waals surface area contributed by atoms with Crippen molar-refractivity contribution < 1.29 is 32.1 Å². The molecule has 0 spiro atoms. The van der Waals surface area contributed by atoms with E-state index in [0.29, 0.717) is 23.1 Å². The molecule has 164 valence electrons. The molecule has 3 atom stereocenters. The van der Waals surface area contributed by atoms with Gasteiger partial charge in [-0.15, -0.1) is 0 Å². The summed E-state index contributed by atoms with van der Waals surface area (Å²) < 4.78 is 45.0. The van der Waals surface area contributed by atoms with Crippen LogP contribution in [0.2, 0.25) is 0 Å². The number of amides is 4. The van der Waals surface area contributed by atoms with E-state index in [1.54, 1.807) is 6.92 Å². The van der Waals surface area contributed by atoms with Gasteiger partial charge in [0.25, 0.3) is 11.8 Å². The Morgan fingerprint density at radius 2 is 2.03 bits per heavy atom. The second-order valence-electron chi connectivity index (χ2n) is 7.88. The summed E-state index contributed by atoms with van der Waals surface area (Å²) in [5.41, 5.74) is -2.03. The third-order valence-electron chi connectivity index (χ3n) is 6.06. The molecule has 12 heteroatoms. The highest BCUT2D eigenvalue weighted by Gasteiger charge is 2.63. The van der Waals surface area contributed by atoms with Crippen LogP contribution in [-0.2, 0) is 11.0 Å². The van der Waals surface area contributed by atoms with E-state index in [1.807, 2.05) is 0 Å². The van der Waals surface area contributed by atoms with Crippen molar-refractivity contribution in [3.05, 3.63) is 46.8 Å². The molecule has 3 fully saturated rings. The number of benzene rings is 1. The van der Waals surface area contributed by atoms with E-state index < -0.39 is 53.3 Å². The van der Waals surface area contributed by atoms with Crippen molar-refractivity contribution >= 4 is 23.5 Å². The minimum atomic E-state index is -4.83. The second kappa shape index (κ2) is 6.56. The summed E-state index contributed by atoms with van der Waals surface area (Å²) in [6.45, 7) is 1.81. The van der Waals surface area contributed by atoms with Gasteiger partial charge in [0.15, 0.2) is 5.69 Å². The summed E-state index contributed by atoms with van der Waals surface area (Å²) >= 11 is 0. The number of hydrogen-bond donors (Lipinski definition) is 0. The number of alkyl halides is 3. The van der Waals surface area contributed by atoms with Crippen molar-refractivity contribution in [1.82, 2.24) is 15.0 Å². The third kappa shape index (κ3) is 2.70. The highest BCUT2D eigenvalue weighted by molar-refractivity contribution is 6.22. The SMILES string of the molecule is Cc1cc(C(=O)N2CC3CC2[C@@H]2C(=O)N(c4ccc(C#N)c(C(F)(F)F)c4)C(=O)N32)no1. The Bertz CT molecular complexity index is 1220. The van der Waals surface area contributed by atoms with Gasteiger partial charge < -0.3 is 14.3 Å². The fourth-order valence-electron chi connectivity index (χ4n) is 4.75. The number of piperazine rings is 1. The monoisotopic (exact) mass is 445 g/mol. The largest absolute Gasteiger partial charge is 0.417 e. The Morgan fingerprint density at radius 1 is 1.28 bits per heavy atom. The first kappa shape index (κ1) is 20.0. The molecule has 2 unspecified atom stereocenters. The fourth-order valence-corrected chi connectivity index (χ4v) is 4.75. The molecule has 2 bridgehead atoms. The molecule has 2 aromatic rings. The average Bonchev–Trinajstić information content (AvgIpc) is 3.50. The van der Waals surface area contributed by atoms with Crippen LogP contribution < -0.4 is 4.90 Å². The van der Waals surface area contributed by atoms with E-state index >= 15 is 0 Å². The van der Waals surface area contributed by atoms with Crippen LogP contribution >= 0.6 is 0 Å². The number of halogens is 3. The molecule has 0 radical (unpaired) electrons. The van der Waals surface area contributed by atoms with E-state index in [4.69, 9.17) is 9.78 Å². The second-order valence-corrected chi connectivity index (χ2v) is 7.88. The predicted octanol–water partition coefficient (Wildman–Crippen LogP) is 2.31. The van der Waals surface area contributed by atoms with E-state index in [0.717, 1.165) is 12.1 Å². The summed E-state index contributed by atoms with van der Waals surface area (Å²) in [7, 11) is 0. The number of aromatic nitrogens is 1. The summed E-state index contributed by atoms with van der Waals surface area (Å²) in [5, 5.41) is 12.7. The smallest absolute Gasteiger partial charge is 0.361 e. The number of likely N-dealkylation sites (tertiary alicyclic amines) is 1. The Kier molecular flexibility index (Phi) is 4.11. The molecule has 1 aromatic carbocycles. The van der Waals surface area contributed by atoms with Gasteiger partial charge in [-0.1, -0.05) is 5.16 Å². The van der Waals surface area contributed by atoms with Crippen LogP contribution in [0.15, 0.2) is 28.8 Å². The van der Waals surface area contributed by atoms with Crippen molar-refractivity contribution in [3.8, 4) is 6.07 Å². The number of hydrogen-bond acceptors (Lipinski definition) is 6. The van der Waals surface area contributed by atoms with Crippen LogP contribution in [0.4, 0.5) is 23.7 Å². The molecule has 9 nitrogen and oxygen atoms in total. The quantitative estimate of drug-likeness (QED) is 0.656. The Balaban J connectivity index is 1.47. The Morgan fingerprint density at radius 3 is 2.66 bits per heavy atom. The summed E-state index contributed by atoms with van der Waals surface area (Å²) in [5.74, 6) is -0.710. The molecule has 0 N–H and O–H groups in total. The van der Waals surface area contributed by atoms with E-state index in [2.05, 4.69) is 5.16 Å². The normalized spacial score (nSPS) is 24.3. The maximum Gasteiger partial charge on any atom is 0.417 e. The van der Waals surface area contributed by atoms with E-state index in [9.17, 15) is 27.6 Å². The molecule has 3 aliphatic heterocycles. The molecule has 1 aromatic heterocycles. The number of carbonyl (C=O) groups excluding carboxylic acids is 3. The Labute approximate surface area is 178 Å². The van der Waals surface area contributed by atoms with Crippen LogP contribution in [0.3, 0.4) is 0 Å². The van der Waals surface area contributed by atoms with Gasteiger partial charge in [-0.2, -0.15) is 18.4 Å². The molecule has 5 rings (SSSR count). The minimum Gasteiger partial charge on any atom is -0.361 e. The first-order chi connectivity index (χ1) is 15.1. The summed E-state index contributed by atoms with van der Waals surface area (Å²) in [6.07, 6.45) is -4.44. The zero-order valence-corrected chi connectivity index (χ0v) is 16.5. The molecule has 32 heavy (non-hydrogen) atoms. The molecule has 0 aliphatic carbocycles. The number of nitriles is 1. The number of carbonyl (C=O) groups is 3. The molecule has 3 aliphatic rings. The highest BCUT2D eigenvalue weighted by Crippen LogP contribution is 2.43. The molecule has 4 heterocycles. The number of anilines is 1. The zero-order chi connectivity index (χ0) is 22.9. The number of rotatable bonds is 2. The van der Waals surface area contributed by atoms with Crippen molar-refractivity contribution in [2.24, 2.45) is 0 Å². The lowest BCUT2D eigenvalue weighted by molar-refractivity contribution is -0.137. The van der Waals surface area contributed by atoms with Crippen molar-refractivity contribution in [2.45, 2.75) is 37.6 Å². The third-order valence-corrected chi connectivity index (χ3v) is 6.06. The maximum absolute atomic E-state index is 13.4. The zero-order valence-electron chi connectivity index (χ0n) is 16.5. The lowest BCUT2D eigenvalue weighted by Crippen LogP contribution is -2.54. The van der Waals surface area contributed by atoms with Gasteiger partial charge in [0, 0.05) is 12.6 Å². The van der Waals surface area contributed by atoms with Crippen LogP contribution in [-0.4, -0.2) is 57.5 Å². The van der Waals surface area contributed by atoms with Gasteiger partial charge in [0.1, 0.15) is 11.8 Å². The van der Waals surface area contributed by atoms with Gasteiger partial charge in [-0.3, -0.25) is 9.59 Å². The molecule has 3 saturated heterocycles. The molecule has 0 saturated carbocycles. The van der Waals surface area contributed by atoms with E-state index in [-0.39, 0.29) is 17.9 Å². The maximum atomic E-state index is 13.4. The minimum absolute atomic E-state index is 0.0807. The average molecular weight is 445 g/mol. The van der Waals surface area contributed by atoms with Gasteiger partial charge in [-0.05, 0) is 31.5 Å². The lowest BCUT2D eigenvalue weighted by Gasteiger charge is -2.34. The van der Waals surface area contributed by atoms with Gasteiger partial charge in [-0.25, -0.2) is 9.69 Å². The summed E-state index contributed by atoms with van der Waals surface area (Å²) in [4.78, 5) is 42.5. The topological polar surface area (TPSA) is 111 Å². The van der Waals surface area contributed by atoms with Gasteiger partial charge >= 0.3 is 12.2 Å². The lowest BCUT2D eigenvalue weighted by atomic mass is 10.1. The highest BCUT2D eigenvalue weighted by atomic mass is 19.4. The standard InChI is InChI=1S/C20H14F3N5O4/c1-9-4-14(25-32-9)17(29)26-8-12-6-15(26)16-18(30)28(19(31)27(12)16)11-3-2-10(7-24)13(5-11)20(21,22)23/h2-5,12,15-16H,6,8H2,1H3/t12?,15?,16-/m1/s1. The van der Waals surface area contributed by atoms with Gasteiger partial charge in [0.05, 0.1) is 35.0 Å². The first-order valence-corrected chi connectivity index (χ1v) is 9.63. The summed E-state index contributed by atoms with van der Waals surface area (Å²) in [6, 6.07) is 2.82. The number of imide groups is 1. The fraction of sp³-hybridized carbons (Fsp3) is 0.350. The number of urea groups is 1. The van der Waals surface area contributed by atoms with Crippen LogP contribution in [0.25, 0.3) is 0 Å². The van der Waals surface area contributed by atoms with Crippen LogP contribution in [0.1, 0.15) is 33.8 Å². The molecular formula is C20H14F3N5O4.